The lowest BCUT2D eigenvalue weighted by molar-refractivity contribution is 0.0998. The molecule has 0 aliphatic carbocycles. The highest BCUT2D eigenvalue weighted by Gasteiger charge is 2.20. The zero-order chi connectivity index (χ0) is 14.8. The number of hydrogen-bond donors (Lipinski definition) is 0. The Kier molecular flexibility index (Phi) is 4.45. The largest absolute Gasteiger partial charge is 0.369 e. The average molecular weight is 264 g/mol. The van der Waals surface area contributed by atoms with Gasteiger partial charge < -0.3 is 4.90 Å². The second-order valence-corrected chi connectivity index (χ2v) is 5.91. The molecule has 1 aromatic carbocycles. The predicted octanol–water partition coefficient (Wildman–Crippen LogP) is 3.16. The van der Waals surface area contributed by atoms with Gasteiger partial charge in [-0.15, -0.1) is 0 Å². The van der Waals surface area contributed by atoms with E-state index in [1.165, 1.54) is 12.4 Å². The Hall–Kier alpha value is -1.71. The van der Waals surface area contributed by atoms with E-state index in [0.717, 1.165) is 5.56 Å². The first kappa shape index (κ1) is 15.3. The molecule has 3 nitrogen and oxygen atoms in total. The first-order valence-corrected chi connectivity index (χ1v) is 6.18. The first-order chi connectivity index (χ1) is 8.62. The minimum atomic E-state index is -0.552. The van der Waals surface area contributed by atoms with E-state index in [1.54, 1.807) is 25.9 Å². The first-order valence-electron chi connectivity index (χ1n) is 6.18. The summed E-state index contributed by atoms with van der Waals surface area (Å²) in [5.74, 6) is -1.06. The second kappa shape index (κ2) is 5.51. The van der Waals surface area contributed by atoms with Gasteiger partial charge in [0.1, 0.15) is 5.82 Å². The minimum absolute atomic E-state index is 0.0473. The SMILES string of the molecule is Cc1cc(C(C)(C)C)cc(F)c1C(=O)N=CN(C)C. The number of aryl methyl sites for hydroxylation is 1. The quantitative estimate of drug-likeness (QED) is 0.607. The van der Waals surface area contributed by atoms with Gasteiger partial charge in [-0.1, -0.05) is 26.8 Å². The van der Waals surface area contributed by atoms with Gasteiger partial charge in [0.15, 0.2) is 0 Å². The summed E-state index contributed by atoms with van der Waals surface area (Å²) in [4.78, 5) is 17.3. The molecule has 0 saturated carbocycles. The van der Waals surface area contributed by atoms with Crippen LogP contribution < -0.4 is 0 Å². The van der Waals surface area contributed by atoms with E-state index < -0.39 is 11.7 Å². The van der Waals surface area contributed by atoms with Crippen LogP contribution in [-0.4, -0.2) is 31.2 Å². The van der Waals surface area contributed by atoms with Crippen molar-refractivity contribution in [2.24, 2.45) is 4.99 Å². The maximum absolute atomic E-state index is 14.1. The van der Waals surface area contributed by atoms with E-state index in [1.807, 2.05) is 26.8 Å². The van der Waals surface area contributed by atoms with Crippen LogP contribution in [0.5, 0.6) is 0 Å². The third-order valence-electron chi connectivity index (χ3n) is 2.77. The van der Waals surface area contributed by atoms with Gasteiger partial charge >= 0.3 is 0 Å². The molecule has 19 heavy (non-hydrogen) atoms. The fourth-order valence-corrected chi connectivity index (χ4v) is 1.68. The van der Waals surface area contributed by atoms with Crippen LogP contribution in [-0.2, 0) is 5.41 Å². The summed E-state index contributed by atoms with van der Waals surface area (Å²) in [6, 6.07) is 3.27. The molecular weight excluding hydrogens is 243 g/mol. The van der Waals surface area contributed by atoms with Crippen LogP contribution in [0, 0.1) is 12.7 Å². The number of carbonyl (C=O) groups is 1. The van der Waals surface area contributed by atoms with E-state index in [2.05, 4.69) is 4.99 Å². The molecule has 0 N–H and O–H groups in total. The Bertz CT molecular complexity index is 490. The lowest BCUT2D eigenvalue weighted by Gasteiger charge is -2.20. The fraction of sp³-hybridized carbons (Fsp3) is 0.467. The van der Waals surface area contributed by atoms with Crippen molar-refractivity contribution in [3.05, 3.63) is 34.6 Å². The standard InChI is InChI=1S/C15H21FN2O/c1-10-7-11(15(2,3)4)8-12(16)13(10)14(19)17-9-18(5)6/h7-9H,1-6H3. The van der Waals surface area contributed by atoms with Gasteiger partial charge in [0.25, 0.3) is 5.91 Å². The van der Waals surface area contributed by atoms with Gasteiger partial charge in [-0.2, -0.15) is 4.99 Å². The van der Waals surface area contributed by atoms with Gasteiger partial charge in [0, 0.05) is 14.1 Å². The van der Waals surface area contributed by atoms with Crippen LogP contribution >= 0.6 is 0 Å². The number of carbonyl (C=O) groups excluding carboxylic acids is 1. The summed E-state index contributed by atoms with van der Waals surface area (Å²) in [6.45, 7) is 7.75. The van der Waals surface area contributed by atoms with E-state index >= 15 is 0 Å². The monoisotopic (exact) mass is 264 g/mol. The van der Waals surface area contributed by atoms with Crippen molar-refractivity contribution >= 4 is 12.2 Å². The summed E-state index contributed by atoms with van der Waals surface area (Å²) in [5, 5.41) is 0. The Morgan fingerprint density at radius 3 is 2.32 bits per heavy atom. The normalized spacial score (nSPS) is 11.9. The summed E-state index contributed by atoms with van der Waals surface area (Å²) in [5.41, 5.74) is 1.38. The lowest BCUT2D eigenvalue weighted by Crippen LogP contribution is -2.15. The lowest BCUT2D eigenvalue weighted by atomic mass is 9.85. The topological polar surface area (TPSA) is 32.7 Å². The van der Waals surface area contributed by atoms with Gasteiger partial charge in [-0.3, -0.25) is 4.79 Å². The molecule has 0 aliphatic heterocycles. The van der Waals surface area contributed by atoms with Crippen molar-refractivity contribution < 1.29 is 9.18 Å². The molecule has 0 heterocycles. The van der Waals surface area contributed by atoms with Crippen LogP contribution in [0.15, 0.2) is 17.1 Å². The van der Waals surface area contributed by atoms with Gasteiger partial charge in [0.2, 0.25) is 0 Å². The van der Waals surface area contributed by atoms with Gasteiger partial charge in [-0.25, -0.2) is 4.39 Å². The summed E-state index contributed by atoms with van der Waals surface area (Å²) >= 11 is 0. The highest BCUT2D eigenvalue weighted by atomic mass is 19.1. The van der Waals surface area contributed by atoms with Crippen LogP contribution in [0.4, 0.5) is 4.39 Å². The van der Waals surface area contributed by atoms with Crippen molar-refractivity contribution in [1.82, 2.24) is 4.90 Å². The van der Waals surface area contributed by atoms with E-state index in [4.69, 9.17) is 0 Å². The van der Waals surface area contributed by atoms with E-state index in [-0.39, 0.29) is 11.0 Å². The summed E-state index contributed by atoms with van der Waals surface area (Å²) in [7, 11) is 3.51. The highest BCUT2D eigenvalue weighted by molar-refractivity contribution is 6.00. The molecular formula is C15H21FN2O. The van der Waals surface area contributed by atoms with Gasteiger partial charge in [0.05, 0.1) is 11.9 Å². The van der Waals surface area contributed by atoms with E-state index in [9.17, 15) is 9.18 Å². The van der Waals surface area contributed by atoms with E-state index in [0.29, 0.717) is 5.56 Å². The zero-order valence-electron chi connectivity index (χ0n) is 12.4. The fourth-order valence-electron chi connectivity index (χ4n) is 1.68. The molecule has 0 atom stereocenters. The minimum Gasteiger partial charge on any atom is -0.369 e. The number of halogens is 1. The average Bonchev–Trinajstić information content (AvgIpc) is 2.24. The molecule has 104 valence electrons. The molecule has 0 unspecified atom stereocenters. The second-order valence-electron chi connectivity index (χ2n) is 5.91. The van der Waals surface area contributed by atoms with Crippen molar-refractivity contribution in [2.45, 2.75) is 33.1 Å². The van der Waals surface area contributed by atoms with Gasteiger partial charge in [-0.05, 0) is 29.5 Å². The predicted molar refractivity (Wildman–Crippen MR) is 76.3 cm³/mol. The smallest absolute Gasteiger partial charge is 0.281 e. The number of amides is 1. The number of nitrogens with zero attached hydrogens (tertiary/aromatic N) is 2. The van der Waals surface area contributed by atoms with Crippen LogP contribution in [0.3, 0.4) is 0 Å². The Balaban J connectivity index is 3.21. The third-order valence-corrected chi connectivity index (χ3v) is 2.77. The molecule has 1 rings (SSSR count). The zero-order valence-corrected chi connectivity index (χ0v) is 12.4. The maximum Gasteiger partial charge on any atom is 0.281 e. The number of benzene rings is 1. The van der Waals surface area contributed by atoms with Crippen LogP contribution in [0.25, 0.3) is 0 Å². The highest BCUT2D eigenvalue weighted by Crippen LogP contribution is 2.26. The van der Waals surface area contributed by atoms with Crippen molar-refractivity contribution in [3.63, 3.8) is 0 Å². The molecule has 1 amide bonds. The molecule has 0 bridgehead atoms. The maximum atomic E-state index is 14.1. The molecule has 0 fully saturated rings. The summed E-state index contributed by atoms with van der Waals surface area (Å²) < 4.78 is 14.1. The molecule has 0 aromatic heterocycles. The molecule has 4 heteroatoms. The third kappa shape index (κ3) is 3.88. The molecule has 1 aromatic rings. The molecule has 0 aliphatic rings. The Labute approximate surface area is 114 Å². The summed E-state index contributed by atoms with van der Waals surface area (Å²) in [6.07, 6.45) is 1.37. The number of rotatable bonds is 2. The van der Waals surface area contributed by atoms with Crippen LogP contribution in [0.1, 0.15) is 42.3 Å². The number of aliphatic imine (C=N–C) groups is 1. The Morgan fingerprint density at radius 1 is 1.32 bits per heavy atom. The molecule has 0 saturated heterocycles. The Morgan fingerprint density at radius 2 is 1.89 bits per heavy atom. The molecule has 0 spiro atoms. The molecule has 0 radical (unpaired) electrons. The van der Waals surface area contributed by atoms with Crippen molar-refractivity contribution in [2.75, 3.05) is 14.1 Å². The van der Waals surface area contributed by atoms with Crippen molar-refractivity contribution in [3.8, 4) is 0 Å². The van der Waals surface area contributed by atoms with Crippen LogP contribution in [0.2, 0.25) is 0 Å². The number of hydrogen-bond acceptors (Lipinski definition) is 1. The van der Waals surface area contributed by atoms with Crippen molar-refractivity contribution in [1.29, 1.82) is 0 Å².